The van der Waals surface area contributed by atoms with Crippen molar-refractivity contribution in [3.8, 4) is 5.75 Å². The van der Waals surface area contributed by atoms with Gasteiger partial charge in [-0.25, -0.2) is 9.37 Å². The molecule has 2 N–H and O–H groups in total. The molecule has 3 heterocycles. The molecule has 1 saturated heterocycles. The molecule has 2 aromatic rings. The van der Waals surface area contributed by atoms with Gasteiger partial charge in [-0.05, 0) is 73.6 Å². The third-order valence-corrected chi connectivity index (χ3v) is 7.00. The Hall–Kier alpha value is -2.94. The lowest BCUT2D eigenvalue weighted by molar-refractivity contribution is -0.121. The highest BCUT2D eigenvalue weighted by molar-refractivity contribution is 5.98. The average Bonchev–Trinajstić information content (AvgIpc) is 2.73. The average molecular weight is 471 g/mol. The Morgan fingerprint density at radius 1 is 1.18 bits per heavy atom. The number of likely N-dealkylation sites (tertiary alicyclic amines) is 1. The molecule has 0 unspecified atom stereocenters. The summed E-state index contributed by atoms with van der Waals surface area (Å²) in [6, 6.07) is 5.57. The number of fused-ring (bicyclic) bond motifs is 1. The number of carbonyl (C=O) groups is 1. The second-order valence-corrected chi connectivity index (χ2v) is 10.8. The maximum Gasteiger partial charge on any atom is 0.265 e. The van der Waals surface area contributed by atoms with Crippen LogP contribution in [0.4, 0.5) is 27.5 Å². The van der Waals surface area contributed by atoms with Crippen LogP contribution in [0.1, 0.15) is 54.4 Å². The summed E-state index contributed by atoms with van der Waals surface area (Å²) >= 11 is 0. The Balaban J connectivity index is 1.53. The Bertz CT molecular complexity index is 1070. The highest BCUT2D eigenvalue weighted by Gasteiger charge is 2.43. The highest BCUT2D eigenvalue weighted by Crippen LogP contribution is 2.39. The zero-order valence-electron chi connectivity index (χ0n) is 21.1. The van der Waals surface area contributed by atoms with Crippen LogP contribution in [0.3, 0.4) is 0 Å². The van der Waals surface area contributed by atoms with Crippen LogP contribution in [0.5, 0.6) is 5.75 Å². The van der Waals surface area contributed by atoms with E-state index in [4.69, 9.17) is 4.74 Å². The summed E-state index contributed by atoms with van der Waals surface area (Å²) in [4.78, 5) is 24.9. The molecule has 2 aliphatic rings. The monoisotopic (exact) mass is 470 g/mol. The first-order chi connectivity index (χ1) is 15.9. The molecule has 0 radical (unpaired) electrons. The molecule has 9 heteroatoms. The number of aromatic nitrogens is 2. The Kier molecular flexibility index (Phi) is 6.18. The van der Waals surface area contributed by atoms with Crippen LogP contribution in [0.25, 0.3) is 0 Å². The number of benzene rings is 1. The zero-order valence-corrected chi connectivity index (χ0v) is 21.1. The Morgan fingerprint density at radius 2 is 1.85 bits per heavy atom. The fourth-order valence-electron chi connectivity index (χ4n) is 5.14. The fourth-order valence-corrected chi connectivity index (χ4v) is 5.14. The van der Waals surface area contributed by atoms with E-state index in [0.717, 1.165) is 18.5 Å². The van der Waals surface area contributed by atoms with Crippen LogP contribution < -0.4 is 20.3 Å². The lowest BCUT2D eigenvalue weighted by atomic mass is 9.77. The summed E-state index contributed by atoms with van der Waals surface area (Å²) in [6.07, 6.45) is 2.91. The van der Waals surface area contributed by atoms with Crippen LogP contribution in [0.2, 0.25) is 0 Å². The molecule has 0 saturated carbocycles. The summed E-state index contributed by atoms with van der Waals surface area (Å²) in [5.74, 6) is 0.517. The molecule has 2 aliphatic heterocycles. The normalized spacial score (nSPS) is 20.1. The minimum Gasteiger partial charge on any atom is -0.481 e. The quantitative estimate of drug-likeness (QED) is 0.663. The molecular formula is C25H35FN6O2. The highest BCUT2D eigenvalue weighted by atomic mass is 19.1. The number of anilines is 4. The van der Waals surface area contributed by atoms with Gasteiger partial charge in [0.1, 0.15) is 5.75 Å². The maximum atomic E-state index is 14.6. The summed E-state index contributed by atoms with van der Waals surface area (Å²) in [5.41, 5.74) is 1.36. The molecule has 34 heavy (non-hydrogen) atoms. The van der Waals surface area contributed by atoms with E-state index in [1.54, 1.807) is 11.0 Å². The topological polar surface area (TPSA) is 82.6 Å². The number of piperidine rings is 1. The molecule has 0 atom stereocenters. The zero-order chi connectivity index (χ0) is 24.8. The van der Waals surface area contributed by atoms with Crippen molar-refractivity contribution in [2.24, 2.45) is 0 Å². The molecule has 1 fully saturated rings. The van der Waals surface area contributed by atoms with Crippen LogP contribution in [0.15, 0.2) is 24.4 Å². The van der Waals surface area contributed by atoms with Gasteiger partial charge in [-0.1, -0.05) is 0 Å². The molecule has 4 rings (SSSR count). The van der Waals surface area contributed by atoms with Crippen molar-refractivity contribution in [2.75, 3.05) is 29.2 Å². The molecule has 0 bridgehead atoms. The third-order valence-electron chi connectivity index (χ3n) is 7.00. The first-order valence-electron chi connectivity index (χ1n) is 11.8. The van der Waals surface area contributed by atoms with Gasteiger partial charge < -0.3 is 20.3 Å². The first-order valence-corrected chi connectivity index (χ1v) is 11.8. The van der Waals surface area contributed by atoms with Crippen LogP contribution in [0, 0.1) is 5.82 Å². The van der Waals surface area contributed by atoms with Gasteiger partial charge in [-0.15, -0.1) is 0 Å². The van der Waals surface area contributed by atoms with E-state index >= 15 is 0 Å². The molecule has 8 nitrogen and oxygen atoms in total. The van der Waals surface area contributed by atoms with Crippen molar-refractivity contribution in [1.29, 1.82) is 0 Å². The van der Waals surface area contributed by atoms with Crippen LogP contribution in [-0.2, 0) is 4.79 Å². The number of rotatable bonds is 5. The van der Waals surface area contributed by atoms with E-state index in [1.807, 2.05) is 26.0 Å². The van der Waals surface area contributed by atoms with Crippen LogP contribution in [-0.4, -0.2) is 57.6 Å². The second kappa shape index (κ2) is 8.69. The maximum absolute atomic E-state index is 14.6. The molecule has 184 valence electrons. The molecule has 1 amide bonds. The molecule has 0 aliphatic carbocycles. The van der Waals surface area contributed by atoms with Gasteiger partial charge in [0.25, 0.3) is 5.91 Å². The number of nitrogens with one attached hydrogen (secondary N) is 2. The predicted octanol–water partition coefficient (Wildman–Crippen LogP) is 4.56. The van der Waals surface area contributed by atoms with Gasteiger partial charge in [0.05, 0.1) is 11.9 Å². The SMILES string of the molecule is CC(C)N1C(=O)COc2cc(Nc3ncc(F)c(NC4CC(C)(C)N(C)C(C)(C)C4)n3)ccc21. The van der Waals surface area contributed by atoms with Crippen LogP contribution >= 0.6 is 0 Å². The number of nitrogens with zero attached hydrogens (tertiary/aromatic N) is 4. The fraction of sp³-hybridized carbons (Fsp3) is 0.560. The molecule has 1 aromatic carbocycles. The summed E-state index contributed by atoms with van der Waals surface area (Å²) in [6.45, 7) is 12.8. The number of hydrogen-bond donors (Lipinski definition) is 2. The summed E-state index contributed by atoms with van der Waals surface area (Å²) in [7, 11) is 2.14. The largest absolute Gasteiger partial charge is 0.481 e. The van der Waals surface area contributed by atoms with Gasteiger partial charge in [0, 0.05) is 34.9 Å². The number of halogens is 1. The van der Waals surface area contributed by atoms with Gasteiger partial charge in [-0.3, -0.25) is 9.69 Å². The van der Waals surface area contributed by atoms with Gasteiger partial charge in [-0.2, -0.15) is 4.98 Å². The third kappa shape index (κ3) is 4.66. The van der Waals surface area contributed by atoms with E-state index in [0.29, 0.717) is 11.4 Å². The number of ether oxygens (including phenoxy) is 1. The lowest BCUT2D eigenvalue weighted by Gasteiger charge is -2.53. The lowest BCUT2D eigenvalue weighted by Crippen LogP contribution is -2.61. The van der Waals surface area contributed by atoms with E-state index in [2.05, 4.69) is 60.2 Å². The van der Waals surface area contributed by atoms with Crippen molar-refractivity contribution in [1.82, 2.24) is 14.9 Å². The van der Waals surface area contributed by atoms with Gasteiger partial charge in [0.2, 0.25) is 5.95 Å². The molecular weight excluding hydrogens is 435 g/mol. The van der Waals surface area contributed by atoms with E-state index in [1.165, 1.54) is 6.20 Å². The second-order valence-electron chi connectivity index (χ2n) is 10.8. The smallest absolute Gasteiger partial charge is 0.265 e. The van der Waals surface area contributed by atoms with Crippen molar-refractivity contribution in [3.05, 3.63) is 30.2 Å². The Morgan fingerprint density at radius 3 is 2.50 bits per heavy atom. The number of hydrogen-bond acceptors (Lipinski definition) is 7. The van der Waals surface area contributed by atoms with Gasteiger partial charge >= 0.3 is 0 Å². The van der Waals surface area contributed by atoms with E-state index in [9.17, 15) is 9.18 Å². The van der Waals surface area contributed by atoms with E-state index < -0.39 is 5.82 Å². The summed E-state index contributed by atoms with van der Waals surface area (Å²) in [5, 5.41) is 6.45. The predicted molar refractivity (Wildman–Crippen MR) is 132 cm³/mol. The van der Waals surface area contributed by atoms with Crippen molar-refractivity contribution < 1.29 is 13.9 Å². The molecule has 0 spiro atoms. The number of amides is 1. The van der Waals surface area contributed by atoms with Gasteiger partial charge in [0.15, 0.2) is 18.2 Å². The molecule has 1 aromatic heterocycles. The van der Waals surface area contributed by atoms with Crippen molar-refractivity contribution in [2.45, 2.75) is 77.5 Å². The minimum atomic E-state index is -0.486. The number of carbonyl (C=O) groups excluding carboxylic acids is 1. The standard InChI is InChI=1S/C25H35FN6O2/c1-15(2)32-19-9-8-16(10-20(19)34-14-21(32)33)29-23-27-13-18(26)22(30-23)28-17-11-24(3,4)31(7)25(5,6)12-17/h8-10,13,15,17H,11-12,14H2,1-7H3,(H2,27,28,29,30). The van der Waals surface area contributed by atoms with Crippen molar-refractivity contribution in [3.63, 3.8) is 0 Å². The van der Waals surface area contributed by atoms with Crippen molar-refractivity contribution >= 4 is 29.0 Å². The Labute approximate surface area is 200 Å². The minimum absolute atomic E-state index is 0.000969. The summed E-state index contributed by atoms with van der Waals surface area (Å²) < 4.78 is 20.3. The first kappa shape index (κ1) is 24.2. The van der Waals surface area contributed by atoms with E-state index in [-0.39, 0.29) is 47.4 Å².